The van der Waals surface area contributed by atoms with Gasteiger partial charge in [0.25, 0.3) is 0 Å². The van der Waals surface area contributed by atoms with E-state index in [0.29, 0.717) is 17.4 Å². The van der Waals surface area contributed by atoms with Crippen molar-refractivity contribution in [1.29, 1.82) is 0 Å². The lowest BCUT2D eigenvalue weighted by molar-refractivity contribution is -0.117. The van der Waals surface area contributed by atoms with Crippen molar-refractivity contribution in [2.45, 2.75) is 32.4 Å². The average Bonchev–Trinajstić information content (AvgIpc) is 3.13. The van der Waals surface area contributed by atoms with Gasteiger partial charge < -0.3 is 11.1 Å². The summed E-state index contributed by atoms with van der Waals surface area (Å²) in [5, 5.41) is 11.5. The zero-order chi connectivity index (χ0) is 18.4. The maximum atomic E-state index is 13.0. The van der Waals surface area contributed by atoms with Gasteiger partial charge in [0.05, 0.1) is 12.1 Å². The number of hydrogen-bond donors (Lipinski definition) is 3. The zero-order valence-corrected chi connectivity index (χ0v) is 14.6. The second kappa shape index (κ2) is 6.09. The van der Waals surface area contributed by atoms with Crippen LogP contribution in [0.1, 0.15) is 31.9 Å². The van der Waals surface area contributed by atoms with Gasteiger partial charge in [0.15, 0.2) is 0 Å². The fraction of sp³-hybridized carbons (Fsp3) is 0.316. The lowest BCUT2D eigenvalue weighted by atomic mass is 9.97. The smallest absolute Gasteiger partial charge is 0.231 e. The molecule has 1 saturated carbocycles. The third kappa shape index (κ3) is 2.89. The standard InChI is InChI=1S/C19H20FN5O/c1-9(2)18-14(8-23-25-18)10-3-11-5-17(22-7-13(11)16(21)4-10)24-19(26)12-6-15(12)20/h3-5,7-9,12,15H,6,21H2,1-2H3,(H,23,25)(H,22,24,26)/t12-,15+/m0/s1. The Morgan fingerprint density at radius 1 is 1.35 bits per heavy atom. The SMILES string of the molecule is CC(C)c1[nH]ncc1-c1cc(N)c2cnc(NC(=O)[C@H]3C[C@H]3F)cc2c1. The molecule has 0 bridgehead atoms. The normalized spacial score (nSPS) is 19.1. The Kier molecular flexibility index (Phi) is 3.86. The number of nitrogen functional groups attached to an aromatic ring is 1. The number of pyridine rings is 1. The molecule has 0 saturated heterocycles. The number of halogens is 1. The minimum Gasteiger partial charge on any atom is -0.398 e. The monoisotopic (exact) mass is 353 g/mol. The van der Waals surface area contributed by atoms with E-state index in [1.807, 2.05) is 12.1 Å². The number of anilines is 2. The first kappa shape index (κ1) is 16.5. The van der Waals surface area contributed by atoms with E-state index in [-0.39, 0.29) is 12.3 Å². The van der Waals surface area contributed by atoms with Crippen LogP contribution in [0.5, 0.6) is 0 Å². The van der Waals surface area contributed by atoms with Crippen LogP contribution >= 0.6 is 0 Å². The van der Waals surface area contributed by atoms with Gasteiger partial charge in [-0.2, -0.15) is 5.10 Å². The summed E-state index contributed by atoms with van der Waals surface area (Å²) in [6.07, 6.45) is 2.67. The van der Waals surface area contributed by atoms with E-state index in [0.717, 1.165) is 27.6 Å². The first-order valence-electron chi connectivity index (χ1n) is 8.62. The fourth-order valence-corrected chi connectivity index (χ4v) is 3.13. The topological polar surface area (TPSA) is 96.7 Å². The highest BCUT2D eigenvalue weighted by Gasteiger charge is 2.43. The van der Waals surface area contributed by atoms with Crippen molar-refractivity contribution in [3.8, 4) is 11.1 Å². The Hall–Kier alpha value is -2.96. The van der Waals surface area contributed by atoms with Crippen molar-refractivity contribution >= 4 is 28.2 Å². The van der Waals surface area contributed by atoms with Crippen molar-refractivity contribution in [1.82, 2.24) is 15.2 Å². The minimum absolute atomic E-state index is 0.287. The number of alkyl halides is 1. The lowest BCUT2D eigenvalue weighted by Gasteiger charge is -2.11. The van der Waals surface area contributed by atoms with Gasteiger partial charge in [-0.05, 0) is 41.5 Å². The summed E-state index contributed by atoms with van der Waals surface area (Å²) < 4.78 is 13.0. The molecular weight excluding hydrogens is 333 g/mol. The zero-order valence-electron chi connectivity index (χ0n) is 14.6. The van der Waals surface area contributed by atoms with Crippen LogP contribution in [-0.2, 0) is 4.79 Å². The number of amides is 1. The molecular formula is C19H20FN5O. The highest BCUT2D eigenvalue weighted by molar-refractivity contribution is 6.00. The molecule has 2 aromatic heterocycles. The highest BCUT2D eigenvalue weighted by Crippen LogP contribution is 2.36. The molecule has 0 unspecified atom stereocenters. The van der Waals surface area contributed by atoms with Crippen LogP contribution in [0.3, 0.4) is 0 Å². The molecule has 1 fully saturated rings. The van der Waals surface area contributed by atoms with Gasteiger partial charge in [-0.1, -0.05) is 13.8 Å². The number of fused-ring (bicyclic) bond motifs is 1. The molecule has 134 valence electrons. The number of carbonyl (C=O) groups excluding carboxylic acids is 1. The number of carbonyl (C=O) groups is 1. The van der Waals surface area contributed by atoms with Crippen molar-refractivity contribution in [3.05, 3.63) is 36.3 Å². The third-order valence-corrected chi connectivity index (χ3v) is 4.73. The number of nitrogens with zero attached hydrogens (tertiary/aromatic N) is 2. The number of aromatic nitrogens is 3. The molecule has 0 radical (unpaired) electrons. The van der Waals surface area contributed by atoms with E-state index in [1.165, 1.54) is 0 Å². The molecule has 7 heteroatoms. The Morgan fingerprint density at radius 2 is 2.12 bits per heavy atom. The van der Waals surface area contributed by atoms with Gasteiger partial charge in [0, 0.05) is 28.5 Å². The van der Waals surface area contributed by atoms with Crippen LogP contribution in [0.4, 0.5) is 15.9 Å². The molecule has 4 rings (SSSR count). The number of aromatic amines is 1. The van der Waals surface area contributed by atoms with Crippen LogP contribution in [0.2, 0.25) is 0 Å². The maximum Gasteiger partial charge on any atom is 0.231 e. The van der Waals surface area contributed by atoms with Gasteiger partial charge in [-0.3, -0.25) is 9.89 Å². The molecule has 1 aliphatic rings. The summed E-state index contributed by atoms with van der Waals surface area (Å²) in [5.74, 6) is -0.188. The van der Waals surface area contributed by atoms with Crippen molar-refractivity contribution in [3.63, 3.8) is 0 Å². The lowest BCUT2D eigenvalue weighted by Crippen LogP contribution is -2.15. The minimum atomic E-state index is -1.03. The number of H-pyrrole nitrogens is 1. The summed E-state index contributed by atoms with van der Waals surface area (Å²) in [6.45, 7) is 4.18. The molecule has 1 amide bonds. The van der Waals surface area contributed by atoms with Gasteiger partial charge in [-0.25, -0.2) is 9.37 Å². The predicted octanol–water partition coefficient (Wildman–Crippen LogP) is 3.63. The Morgan fingerprint density at radius 3 is 2.81 bits per heavy atom. The largest absolute Gasteiger partial charge is 0.398 e. The summed E-state index contributed by atoms with van der Waals surface area (Å²) in [5.41, 5.74) is 9.79. The predicted molar refractivity (Wildman–Crippen MR) is 99.5 cm³/mol. The van der Waals surface area contributed by atoms with Crippen molar-refractivity contribution in [2.24, 2.45) is 5.92 Å². The van der Waals surface area contributed by atoms with Crippen LogP contribution in [0.15, 0.2) is 30.6 Å². The molecule has 1 aromatic carbocycles. The van der Waals surface area contributed by atoms with E-state index in [9.17, 15) is 9.18 Å². The second-order valence-corrected chi connectivity index (χ2v) is 7.06. The molecule has 6 nitrogen and oxygen atoms in total. The highest BCUT2D eigenvalue weighted by atomic mass is 19.1. The third-order valence-electron chi connectivity index (χ3n) is 4.73. The summed E-state index contributed by atoms with van der Waals surface area (Å²) in [6, 6.07) is 5.66. The first-order chi connectivity index (χ1) is 12.4. The number of nitrogens with one attached hydrogen (secondary N) is 2. The molecule has 3 aromatic rings. The second-order valence-electron chi connectivity index (χ2n) is 7.06. The first-order valence-corrected chi connectivity index (χ1v) is 8.62. The number of benzene rings is 1. The average molecular weight is 353 g/mol. The number of nitrogens with two attached hydrogens (primary N) is 1. The quantitative estimate of drug-likeness (QED) is 0.624. The molecule has 2 heterocycles. The maximum absolute atomic E-state index is 13.0. The van der Waals surface area contributed by atoms with Gasteiger partial charge in [0.1, 0.15) is 12.0 Å². The molecule has 4 N–H and O–H groups in total. The van der Waals surface area contributed by atoms with Crippen LogP contribution in [-0.4, -0.2) is 27.3 Å². The fourth-order valence-electron chi connectivity index (χ4n) is 3.13. The van der Waals surface area contributed by atoms with Crippen LogP contribution in [0, 0.1) is 5.92 Å². The Bertz CT molecular complexity index is 997. The number of rotatable bonds is 4. The van der Waals surface area contributed by atoms with E-state index in [1.54, 1.807) is 18.5 Å². The van der Waals surface area contributed by atoms with Crippen LogP contribution in [0.25, 0.3) is 21.9 Å². The van der Waals surface area contributed by atoms with E-state index >= 15 is 0 Å². The molecule has 1 aliphatic carbocycles. The van der Waals surface area contributed by atoms with Gasteiger partial charge in [-0.15, -0.1) is 0 Å². The van der Waals surface area contributed by atoms with Gasteiger partial charge in [0.2, 0.25) is 5.91 Å². The summed E-state index contributed by atoms with van der Waals surface area (Å²) in [7, 11) is 0. The van der Waals surface area contributed by atoms with Crippen LogP contribution < -0.4 is 11.1 Å². The van der Waals surface area contributed by atoms with Crippen molar-refractivity contribution in [2.75, 3.05) is 11.1 Å². The molecule has 0 spiro atoms. The summed E-state index contributed by atoms with van der Waals surface area (Å²) >= 11 is 0. The van der Waals surface area contributed by atoms with E-state index in [4.69, 9.17) is 5.73 Å². The Labute approximate surface area is 150 Å². The van der Waals surface area contributed by atoms with Gasteiger partial charge >= 0.3 is 0 Å². The van der Waals surface area contributed by atoms with E-state index < -0.39 is 12.1 Å². The van der Waals surface area contributed by atoms with Crippen molar-refractivity contribution < 1.29 is 9.18 Å². The number of hydrogen-bond acceptors (Lipinski definition) is 4. The molecule has 2 atom stereocenters. The molecule has 26 heavy (non-hydrogen) atoms. The molecule has 0 aliphatic heterocycles. The Balaban J connectivity index is 1.72. The summed E-state index contributed by atoms with van der Waals surface area (Å²) in [4.78, 5) is 16.2. The van der Waals surface area contributed by atoms with E-state index in [2.05, 4.69) is 34.3 Å².